The van der Waals surface area contributed by atoms with Crippen molar-refractivity contribution in [1.82, 2.24) is 4.90 Å². The fraction of sp³-hybridized carbons (Fsp3) is 0.583. The average Bonchev–Trinajstić information content (AvgIpc) is 2.27. The molecule has 5 nitrogen and oxygen atoms in total. The summed E-state index contributed by atoms with van der Waals surface area (Å²) in [6, 6.07) is 0. The van der Waals surface area contributed by atoms with Crippen molar-refractivity contribution in [3.63, 3.8) is 0 Å². The number of amides is 1. The van der Waals surface area contributed by atoms with Crippen LogP contribution >= 0.6 is 0 Å². The van der Waals surface area contributed by atoms with E-state index in [1.807, 2.05) is 0 Å². The summed E-state index contributed by atoms with van der Waals surface area (Å²) in [6.45, 7) is 8.16. The molecule has 0 bridgehead atoms. The Morgan fingerprint density at radius 3 is 2.59 bits per heavy atom. The highest BCUT2D eigenvalue weighted by Crippen LogP contribution is 1.92. The first-order chi connectivity index (χ1) is 7.97. The van der Waals surface area contributed by atoms with Gasteiger partial charge in [0.1, 0.15) is 0 Å². The number of carbonyl (C=O) groups is 1. The van der Waals surface area contributed by atoms with Crippen LogP contribution in [0.1, 0.15) is 20.3 Å². The second kappa shape index (κ2) is 8.50. The van der Waals surface area contributed by atoms with Crippen molar-refractivity contribution in [2.24, 2.45) is 9.98 Å². The quantitative estimate of drug-likeness (QED) is 0.401. The number of allylic oxidation sites excluding steroid dienone is 1. The molecule has 0 unspecified atom stereocenters. The average molecular weight is 239 g/mol. The molecule has 0 atom stereocenters. The fourth-order valence-corrected chi connectivity index (χ4v) is 0.961. The van der Waals surface area contributed by atoms with Gasteiger partial charge in [-0.05, 0) is 13.3 Å². The third kappa shape index (κ3) is 8.19. The molecule has 0 N–H and O–H groups in total. The molecule has 0 radical (unpaired) electrons. The van der Waals surface area contributed by atoms with Crippen LogP contribution in [-0.2, 0) is 9.53 Å². The van der Waals surface area contributed by atoms with Crippen molar-refractivity contribution in [2.45, 2.75) is 20.3 Å². The third-order valence-electron chi connectivity index (χ3n) is 2.04. The van der Waals surface area contributed by atoms with E-state index in [1.165, 1.54) is 6.21 Å². The monoisotopic (exact) mass is 239 g/mol. The van der Waals surface area contributed by atoms with Crippen molar-refractivity contribution < 1.29 is 9.53 Å². The maximum atomic E-state index is 10.9. The van der Waals surface area contributed by atoms with E-state index in [2.05, 4.69) is 16.6 Å². The first-order valence-electron chi connectivity index (χ1n) is 5.48. The molecule has 0 aliphatic rings. The fourth-order valence-electron chi connectivity index (χ4n) is 0.961. The number of carbonyl (C=O) groups excluding carboxylic acids is 1. The second-order valence-corrected chi connectivity index (χ2v) is 3.70. The molecule has 0 heterocycles. The van der Waals surface area contributed by atoms with Crippen LogP contribution in [0.3, 0.4) is 0 Å². The first kappa shape index (κ1) is 15.3. The Morgan fingerprint density at radius 2 is 2.12 bits per heavy atom. The molecule has 0 aromatic carbocycles. The standard InChI is InChI=1S/C12H21N3O2/c1-10(2)14-9-12(13-4)17-8-6-7-15(5)11(3)16/h9H,1,6-8H2,2-5H3. The predicted octanol–water partition coefficient (Wildman–Crippen LogP) is 1.50. The minimum absolute atomic E-state index is 0.0539. The Balaban J connectivity index is 3.87. The molecule has 0 fully saturated rings. The minimum Gasteiger partial charge on any atom is -0.477 e. The molecule has 0 spiro atoms. The lowest BCUT2D eigenvalue weighted by Gasteiger charge is -2.14. The van der Waals surface area contributed by atoms with Gasteiger partial charge in [-0.3, -0.25) is 14.8 Å². The summed E-state index contributed by atoms with van der Waals surface area (Å²) in [7, 11) is 3.40. The normalized spacial score (nSPS) is 11.6. The van der Waals surface area contributed by atoms with Gasteiger partial charge in [-0.1, -0.05) is 6.58 Å². The second-order valence-electron chi connectivity index (χ2n) is 3.70. The number of aliphatic imine (C=N–C) groups is 2. The SMILES string of the molecule is C=C(C)N=CC(=NC)OCCCN(C)C(C)=O. The zero-order valence-corrected chi connectivity index (χ0v) is 11.1. The van der Waals surface area contributed by atoms with Gasteiger partial charge in [0.15, 0.2) is 0 Å². The van der Waals surface area contributed by atoms with Crippen molar-refractivity contribution in [3.8, 4) is 0 Å². The Kier molecular flexibility index (Phi) is 7.67. The molecule has 96 valence electrons. The van der Waals surface area contributed by atoms with Crippen LogP contribution in [0.4, 0.5) is 0 Å². The van der Waals surface area contributed by atoms with E-state index in [0.717, 1.165) is 6.42 Å². The van der Waals surface area contributed by atoms with Crippen LogP contribution in [0.2, 0.25) is 0 Å². The van der Waals surface area contributed by atoms with E-state index in [9.17, 15) is 4.79 Å². The van der Waals surface area contributed by atoms with Gasteiger partial charge in [0.25, 0.3) is 0 Å². The lowest BCUT2D eigenvalue weighted by molar-refractivity contribution is -0.127. The van der Waals surface area contributed by atoms with Gasteiger partial charge < -0.3 is 9.64 Å². The van der Waals surface area contributed by atoms with E-state index in [1.54, 1.807) is 32.8 Å². The molecular formula is C12H21N3O2. The Bertz CT molecular complexity index is 322. The molecule has 0 aromatic rings. The van der Waals surface area contributed by atoms with Crippen LogP contribution in [0.25, 0.3) is 0 Å². The maximum absolute atomic E-state index is 10.9. The molecule has 0 aliphatic carbocycles. The van der Waals surface area contributed by atoms with E-state index in [4.69, 9.17) is 4.74 Å². The van der Waals surface area contributed by atoms with Gasteiger partial charge in [-0.15, -0.1) is 0 Å². The van der Waals surface area contributed by atoms with Crippen LogP contribution < -0.4 is 0 Å². The Labute approximate surface area is 103 Å². The van der Waals surface area contributed by atoms with E-state index < -0.39 is 0 Å². The van der Waals surface area contributed by atoms with Gasteiger partial charge in [0.05, 0.1) is 12.8 Å². The van der Waals surface area contributed by atoms with Gasteiger partial charge in [-0.2, -0.15) is 0 Å². The number of hydrogen-bond donors (Lipinski definition) is 0. The van der Waals surface area contributed by atoms with Crippen molar-refractivity contribution >= 4 is 18.0 Å². The van der Waals surface area contributed by atoms with Crippen molar-refractivity contribution in [2.75, 3.05) is 27.2 Å². The zero-order valence-electron chi connectivity index (χ0n) is 11.1. The van der Waals surface area contributed by atoms with Crippen molar-refractivity contribution in [1.29, 1.82) is 0 Å². The van der Waals surface area contributed by atoms with E-state index >= 15 is 0 Å². The molecule has 1 amide bonds. The molecule has 0 rings (SSSR count). The summed E-state index contributed by atoms with van der Waals surface area (Å²) in [5.41, 5.74) is 0.700. The highest BCUT2D eigenvalue weighted by molar-refractivity contribution is 6.26. The molecule has 0 saturated carbocycles. The smallest absolute Gasteiger partial charge is 0.227 e. The Hall–Kier alpha value is -1.65. The summed E-state index contributed by atoms with van der Waals surface area (Å²) in [6.07, 6.45) is 2.30. The summed E-state index contributed by atoms with van der Waals surface area (Å²) in [4.78, 5) is 20.5. The third-order valence-corrected chi connectivity index (χ3v) is 2.04. The lowest BCUT2D eigenvalue weighted by Crippen LogP contribution is -2.26. The van der Waals surface area contributed by atoms with Gasteiger partial charge >= 0.3 is 0 Å². The largest absolute Gasteiger partial charge is 0.477 e. The van der Waals surface area contributed by atoms with Crippen LogP contribution in [0, 0.1) is 0 Å². The summed E-state index contributed by atoms with van der Waals surface area (Å²) in [5, 5.41) is 0. The summed E-state index contributed by atoms with van der Waals surface area (Å²) >= 11 is 0. The molecule has 17 heavy (non-hydrogen) atoms. The van der Waals surface area contributed by atoms with Gasteiger partial charge in [-0.25, -0.2) is 0 Å². The van der Waals surface area contributed by atoms with Gasteiger partial charge in [0, 0.05) is 33.3 Å². The number of rotatable bonds is 6. The summed E-state index contributed by atoms with van der Waals surface area (Å²) < 4.78 is 5.39. The van der Waals surface area contributed by atoms with Crippen LogP contribution in [0.5, 0.6) is 0 Å². The lowest BCUT2D eigenvalue weighted by atomic mass is 10.4. The molecule has 0 saturated heterocycles. The minimum atomic E-state index is 0.0539. The molecule has 0 aliphatic heterocycles. The van der Waals surface area contributed by atoms with E-state index in [-0.39, 0.29) is 5.91 Å². The topological polar surface area (TPSA) is 54.3 Å². The van der Waals surface area contributed by atoms with Gasteiger partial charge in [0.2, 0.25) is 11.8 Å². The molecular weight excluding hydrogens is 218 g/mol. The molecule has 0 aromatic heterocycles. The number of nitrogens with zero attached hydrogens (tertiary/aromatic N) is 3. The number of hydrogen-bond acceptors (Lipinski definition) is 4. The highest BCUT2D eigenvalue weighted by atomic mass is 16.5. The highest BCUT2D eigenvalue weighted by Gasteiger charge is 2.01. The maximum Gasteiger partial charge on any atom is 0.227 e. The predicted molar refractivity (Wildman–Crippen MR) is 70.5 cm³/mol. The Morgan fingerprint density at radius 1 is 1.47 bits per heavy atom. The summed E-state index contributed by atoms with van der Waals surface area (Å²) in [5.74, 6) is 0.525. The van der Waals surface area contributed by atoms with E-state index in [0.29, 0.717) is 24.7 Å². The van der Waals surface area contributed by atoms with Crippen molar-refractivity contribution in [3.05, 3.63) is 12.3 Å². The number of ether oxygens (including phenoxy) is 1. The first-order valence-corrected chi connectivity index (χ1v) is 5.48. The molecule has 5 heteroatoms. The van der Waals surface area contributed by atoms with Crippen LogP contribution in [-0.4, -0.2) is 50.2 Å². The zero-order chi connectivity index (χ0) is 13.3. The van der Waals surface area contributed by atoms with Crippen LogP contribution in [0.15, 0.2) is 22.3 Å².